The largest absolute Gasteiger partial charge is 0.466 e. The average molecular weight is 327 g/mol. The van der Waals surface area contributed by atoms with Gasteiger partial charge < -0.3 is 10.2 Å². The van der Waals surface area contributed by atoms with Gasteiger partial charge in [-0.05, 0) is 60.1 Å². The second-order valence-corrected chi connectivity index (χ2v) is 6.73. The van der Waals surface area contributed by atoms with Gasteiger partial charge in [0, 0.05) is 12.6 Å². The minimum Gasteiger partial charge on any atom is -0.466 e. The lowest BCUT2D eigenvalue weighted by molar-refractivity contribution is 0.0204. The number of furan rings is 1. The molecule has 0 spiro atoms. The van der Waals surface area contributed by atoms with Crippen LogP contribution in [0.1, 0.15) is 50.3 Å². The second-order valence-electron chi connectivity index (χ2n) is 5.88. The Morgan fingerprint density at radius 2 is 2.11 bits per heavy atom. The molecule has 3 atom stereocenters. The minimum absolute atomic E-state index is 0.232. The fourth-order valence-corrected chi connectivity index (χ4v) is 4.45. The predicted molar refractivity (Wildman–Crippen MR) is 79.9 cm³/mol. The van der Waals surface area contributed by atoms with E-state index < -0.39 is 0 Å². The summed E-state index contributed by atoms with van der Waals surface area (Å²) in [5.41, 5.74) is 6.06. The zero-order valence-corrected chi connectivity index (χ0v) is 12.9. The molecular formula is C15H23BrN2O. The highest BCUT2D eigenvalue weighted by atomic mass is 79.9. The maximum absolute atomic E-state index is 6.06. The molecule has 1 aromatic heterocycles. The number of nitrogens with two attached hydrogens (primary N) is 1. The van der Waals surface area contributed by atoms with Crippen LogP contribution in [0.4, 0.5) is 0 Å². The third-order valence-electron chi connectivity index (χ3n) is 4.86. The van der Waals surface area contributed by atoms with Gasteiger partial charge in [-0.2, -0.15) is 0 Å². The van der Waals surface area contributed by atoms with E-state index in [0.29, 0.717) is 12.6 Å². The van der Waals surface area contributed by atoms with Gasteiger partial charge in [0.1, 0.15) is 5.76 Å². The van der Waals surface area contributed by atoms with Crippen LogP contribution in [0.3, 0.4) is 0 Å². The first-order valence-electron chi connectivity index (χ1n) is 7.50. The Balaban J connectivity index is 1.83. The SMILES string of the molecule is NCC(c1occc1Br)N1CCC[C@H]2CCCC[C@H]21. The third kappa shape index (κ3) is 2.63. The first kappa shape index (κ1) is 13.7. The Kier molecular flexibility index (Phi) is 4.30. The molecule has 1 saturated heterocycles. The molecule has 2 heterocycles. The highest BCUT2D eigenvalue weighted by Crippen LogP contribution is 2.40. The fraction of sp³-hybridized carbons (Fsp3) is 0.733. The lowest BCUT2D eigenvalue weighted by Gasteiger charge is -2.47. The van der Waals surface area contributed by atoms with E-state index in [-0.39, 0.29) is 6.04 Å². The monoisotopic (exact) mass is 326 g/mol. The molecule has 3 nitrogen and oxygen atoms in total. The molecular weight excluding hydrogens is 304 g/mol. The van der Waals surface area contributed by atoms with E-state index in [1.54, 1.807) is 6.26 Å². The van der Waals surface area contributed by atoms with Gasteiger partial charge in [0.2, 0.25) is 0 Å². The summed E-state index contributed by atoms with van der Waals surface area (Å²) in [7, 11) is 0. The number of rotatable bonds is 3. The summed E-state index contributed by atoms with van der Waals surface area (Å²) in [6.45, 7) is 1.80. The first-order chi connectivity index (χ1) is 9.31. The van der Waals surface area contributed by atoms with Crippen molar-refractivity contribution >= 4 is 15.9 Å². The predicted octanol–water partition coefficient (Wildman–Crippen LogP) is 3.70. The van der Waals surface area contributed by atoms with Gasteiger partial charge in [-0.1, -0.05) is 12.8 Å². The van der Waals surface area contributed by atoms with E-state index in [0.717, 1.165) is 22.7 Å². The Morgan fingerprint density at radius 3 is 2.84 bits per heavy atom. The Morgan fingerprint density at radius 1 is 1.32 bits per heavy atom. The Labute approximate surface area is 123 Å². The van der Waals surface area contributed by atoms with Crippen molar-refractivity contribution < 1.29 is 4.42 Å². The van der Waals surface area contributed by atoms with Crippen molar-refractivity contribution in [3.63, 3.8) is 0 Å². The molecule has 3 rings (SSSR count). The van der Waals surface area contributed by atoms with Crippen molar-refractivity contribution in [2.45, 2.75) is 50.6 Å². The van der Waals surface area contributed by atoms with Gasteiger partial charge in [0.25, 0.3) is 0 Å². The van der Waals surface area contributed by atoms with E-state index >= 15 is 0 Å². The van der Waals surface area contributed by atoms with E-state index in [1.807, 2.05) is 6.07 Å². The van der Waals surface area contributed by atoms with Crippen molar-refractivity contribution in [3.05, 3.63) is 22.6 Å². The topological polar surface area (TPSA) is 42.4 Å². The molecule has 1 aliphatic carbocycles. The summed E-state index contributed by atoms with van der Waals surface area (Å²) in [5, 5.41) is 0. The van der Waals surface area contributed by atoms with Gasteiger partial charge in [-0.25, -0.2) is 0 Å². The molecule has 1 saturated carbocycles. The van der Waals surface area contributed by atoms with Crippen LogP contribution < -0.4 is 5.73 Å². The van der Waals surface area contributed by atoms with Crippen LogP contribution in [0.2, 0.25) is 0 Å². The molecule has 2 N–H and O–H groups in total. The normalized spacial score (nSPS) is 30.0. The molecule has 2 aliphatic rings. The van der Waals surface area contributed by atoms with Gasteiger partial charge in [0.05, 0.1) is 16.8 Å². The number of likely N-dealkylation sites (tertiary alicyclic amines) is 1. The minimum atomic E-state index is 0.232. The summed E-state index contributed by atoms with van der Waals surface area (Å²) < 4.78 is 6.74. The highest BCUT2D eigenvalue weighted by molar-refractivity contribution is 9.10. The number of hydrogen-bond donors (Lipinski definition) is 1. The molecule has 0 bridgehead atoms. The van der Waals surface area contributed by atoms with Crippen LogP contribution >= 0.6 is 15.9 Å². The van der Waals surface area contributed by atoms with Crippen molar-refractivity contribution in [2.24, 2.45) is 11.7 Å². The Hall–Kier alpha value is -0.320. The summed E-state index contributed by atoms with van der Waals surface area (Å²) >= 11 is 3.59. The van der Waals surface area contributed by atoms with Crippen LogP contribution in [0, 0.1) is 5.92 Å². The van der Waals surface area contributed by atoms with E-state index in [2.05, 4.69) is 20.8 Å². The number of nitrogens with zero attached hydrogens (tertiary/aromatic N) is 1. The lowest BCUT2D eigenvalue weighted by atomic mass is 9.77. The summed E-state index contributed by atoms with van der Waals surface area (Å²) in [4.78, 5) is 2.62. The van der Waals surface area contributed by atoms with Gasteiger partial charge >= 0.3 is 0 Å². The van der Waals surface area contributed by atoms with E-state index in [9.17, 15) is 0 Å². The molecule has 4 heteroatoms. The summed E-state index contributed by atoms with van der Waals surface area (Å²) in [6.07, 6.45) is 9.97. The van der Waals surface area contributed by atoms with Crippen LogP contribution in [0.15, 0.2) is 21.2 Å². The van der Waals surface area contributed by atoms with E-state index in [4.69, 9.17) is 10.2 Å². The fourth-order valence-electron chi connectivity index (χ4n) is 3.99. The maximum Gasteiger partial charge on any atom is 0.136 e. The molecule has 0 radical (unpaired) electrons. The first-order valence-corrected chi connectivity index (χ1v) is 8.29. The van der Waals surface area contributed by atoms with Crippen molar-refractivity contribution in [1.29, 1.82) is 0 Å². The molecule has 1 aromatic rings. The molecule has 106 valence electrons. The number of hydrogen-bond acceptors (Lipinski definition) is 3. The second kappa shape index (κ2) is 5.98. The Bertz CT molecular complexity index is 418. The maximum atomic E-state index is 6.06. The van der Waals surface area contributed by atoms with Crippen LogP contribution in [0.25, 0.3) is 0 Å². The third-order valence-corrected chi connectivity index (χ3v) is 5.51. The molecule has 0 aromatic carbocycles. The summed E-state index contributed by atoms with van der Waals surface area (Å²) in [6, 6.07) is 2.92. The van der Waals surface area contributed by atoms with Crippen LogP contribution in [0.5, 0.6) is 0 Å². The molecule has 19 heavy (non-hydrogen) atoms. The van der Waals surface area contributed by atoms with Crippen molar-refractivity contribution in [3.8, 4) is 0 Å². The van der Waals surface area contributed by atoms with Gasteiger partial charge in [-0.3, -0.25) is 4.90 Å². The molecule has 2 fully saturated rings. The number of halogens is 1. The van der Waals surface area contributed by atoms with Crippen LogP contribution in [-0.2, 0) is 0 Å². The molecule has 1 aliphatic heterocycles. The average Bonchev–Trinajstić information content (AvgIpc) is 2.86. The van der Waals surface area contributed by atoms with E-state index in [1.165, 1.54) is 38.5 Å². The van der Waals surface area contributed by atoms with Gasteiger partial charge in [0.15, 0.2) is 0 Å². The molecule has 0 amide bonds. The zero-order chi connectivity index (χ0) is 13.2. The van der Waals surface area contributed by atoms with Crippen LogP contribution in [-0.4, -0.2) is 24.0 Å². The smallest absolute Gasteiger partial charge is 0.136 e. The highest BCUT2D eigenvalue weighted by Gasteiger charge is 2.38. The number of fused-ring (bicyclic) bond motifs is 1. The van der Waals surface area contributed by atoms with Crippen molar-refractivity contribution in [1.82, 2.24) is 4.90 Å². The molecule has 1 unspecified atom stereocenters. The summed E-state index contributed by atoms with van der Waals surface area (Å²) in [5.74, 6) is 1.89. The zero-order valence-electron chi connectivity index (χ0n) is 11.4. The number of piperidine rings is 1. The van der Waals surface area contributed by atoms with Gasteiger partial charge in [-0.15, -0.1) is 0 Å². The quantitative estimate of drug-likeness (QED) is 0.920. The lowest BCUT2D eigenvalue weighted by Crippen LogP contribution is -2.49. The van der Waals surface area contributed by atoms with Crippen molar-refractivity contribution in [2.75, 3.05) is 13.1 Å². The standard InChI is InChI=1S/C15H23BrN2O/c16-12-7-9-19-15(12)14(10-17)18-8-3-5-11-4-1-2-6-13(11)18/h7,9,11,13-14H,1-6,8,10,17H2/t11-,13-,14?/m1/s1.